The molecule has 0 fully saturated rings. The average Bonchev–Trinajstić information content (AvgIpc) is 3.30. The Kier molecular flexibility index (Phi) is 9.30. The third-order valence-corrected chi connectivity index (χ3v) is 5.01. The van der Waals surface area contributed by atoms with Gasteiger partial charge in [-0.15, -0.1) is 0 Å². The third kappa shape index (κ3) is 7.34. The second-order valence-corrected chi connectivity index (χ2v) is 7.75. The zero-order valence-corrected chi connectivity index (χ0v) is 20.7. The first-order valence-electron chi connectivity index (χ1n) is 10.7. The molecule has 186 valence electrons. The summed E-state index contributed by atoms with van der Waals surface area (Å²) in [6, 6.07) is 8.07. The van der Waals surface area contributed by atoms with Crippen molar-refractivity contribution in [3.63, 3.8) is 0 Å². The second kappa shape index (κ2) is 12.6. The molecule has 1 aliphatic rings. The van der Waals surface area contributed by atoms with E-state index in [9.17, 15) is 14.4 Å². The molecule has 1 aliphatic heterocycles. The van der Waals surface area contributed by atoms with E-state index in [2.05, 4.69) is 31.8 Å². The number of esters is 1. The van der Waals surface area contributed by atoms with Crippen LogP contribution in [0.25, 0.3) is 0 Å². The predicted octanol–water partition coefficient (Wildman–Crippen LogP) is 2.40. The number of hydrazone groups is 1. The highest BCUT2D eigenvalue weighted by atomic mass is 79.9. The van der Waals surface area contributed by atoms with E-state index in [0.29, 0.717) is 45.2 Å². The van der Waals surface area contributed by atoms with Gasteiger partial charge in [0, 0.05) is 5.56 Å². The van der Waals surface area contributed by atoms with Gasteiger partial charge in [-0.1, -0.05) is 0 Å². The molecule has 0 radical (unpaired) electrons. The number of fused-ring (bicyclic) bond motifs is 1. The zero-order chi connectivity index (χ0) is 25.2. The van der Waals surface area contributed by atoms with Crippen molar-refractivity contribution in [1.29, 1.82) is 0 Å². The monoisotopic (exact) mass is 549 g/mol. The highest BCUT2D eigenvalue weighted by Gasteiger charge is 2.17. The van der Waals surface area contributed by atoms with Crippen LogP contribution in [0.15, 0.2) is 39.9 Å². The molecule has 3 rings (SSSR count). The van der Waals surface area contributed by atoms with Crippen LogP contribution in [0.5, 0.6) is 23.0 Å². The van der Waals surface area contributed by atoms with E-state index in [1.165, 1.54) is 6.21 Å². The van der Waals surface area contributed by atoms with E-state index >= 15 is 0 Å². The van der Waals surface area contributed by atoms with Gasteiger partial charge in [-0.25, -0.2) is 10.2 Å². The molecule has 0 aliphatic carbocycles. The van der Waals surface area contributed by atoms with Crippen molar-refractivity contribution < 1.29 is 38.1 Å². The van der Waals surface area contributed by atoms with E-state index in [4.69, 9.17) is 23.7 Å². The van der Waals surface area contributed by atoms with Crippen LogP contribution in [-0.4, -0.2) is 57.2 Å². The Bertz CT molecular complexity index is 1120. The van der Waals surface area contributed by atoms with Crippen LogP contribution in [0, 0.1) is 0 Å². The Morgan fingerprint density at radius 2 is 1.89 bits per heavy atom. The van der Waals surface area contributed by atoms with E-state index in [-0.39, 0.29) is 26.6 Å². The summed E-state index contributed by atoms with van der Waals surface area (Å²) in [5.74, 6) is 0.302. The first kappa shape index (κ1) is 25.8. The van der Waals surface area contributed by atoms with Crippen molar-refractivity contribution in [2.24, 2.45) is 5.10 Å². The number of nitrogens with one attached hydrogen (secondary N) is 2. The van der Waals surface area contributed by atoms with Gasteiger partial charge in [-0.05, 0) is 65.7 Å². The van der Waals surface area contributed by atoms with Gasteiger partial charge in [0.25, 0.3) is 11.8 Å². The maximum atomic E-state index is 12.3. The summed E-state index contributed by atoms with van der Waals surface area (Å²) in [7, 11) is 0. The van der Waals surface area contributed by atoms with Crippen molar-refractivity contribution >= 4 is 39.9 Å². The fraction of sp³-hybridized carbons (Fsp3) is 0.304. The maximum absolute atomic E-state index is 12.3. The first-order chi connectivity index (χ1) is 16.9. The third-order valence-electron chi connectivity index (χ3n) is 4.42. The molecule has 0 unspecified atom stereocenters. The molecule has 2 N–H and O–H groups in total. The summed E-state index contributed by atoms with van der Waals surface area (Å²) in [6.07, 6.45) is 1.40. The summed E-state index contributed by atoms with van der Waals surface area (Å²) in [5.41, 5.74) is 3.27. The highest BCUT2D eigenvalue weighted by molar-refractivity contribution is 9.10. The predicted molar refractivity (Wildman–Crippen MR) is 128 cm³/mol. The van der Waals surface area contributed by atoms with Crippen LogP contribution >= 0.6 is 15.9 Å². The molecule has 2 aromatic rings. The van der Waals surface area contributed by atoms with Crippen molar-refractivity contribution in [2.45, 2.75) is 13.8 Å². The number of amides is 2. The molecular weight excluding hydrogens is 526 g/mol. The smallest absolute Gasteiger partial charge is 0.344 e. The van der Waals surface area contributed by atoms with Crippen LogP contribution < -0.4 is 29.7 Å². The number of carbonyl (C=O) groups is 3. The summed E-state index contributed by atoms with van der Waals surface area (Å²) in [6.45, 7) is 3.69. The minimum atomic E-state index is -0.520. The second-order valence-electron chi connectivity index (χ2n) is 6.90. The maximum Gasteiger partial charge on any atom is 0.344 e. The number of rotatable bonds is 11. The highest BCUT2D eigenvalue weighted by Crippen LogP contribution is 2.36. The Balaban J connectivity index is 1.54. The van der Waals surface area contributed by atoms with Gasteiger partial charge < -0.3 is 29.0 Å². The fourth-order valence-corrected chi connectivity index (χ4v) is 3.49. The molecule has 12 heteroatoms. The standard InChI is InChI=1S/C23H24BrN3O8/c1-3-31-19-8-14(7-16(24)22(19)33-12-21(29)32-4-2)10-26-27-20(28)11-25-23(30)15-5-6-17-18(9-15)35-13-34-17/h5-10H,3-4,11-13H2,1-2H3,(H,25,30)(H,27,28)/b26-10+. The summed E-state index contributed by atoms with van der Waals surface area (Å²) in [4.78, 5) is 35.9. The Morgan fingerprint density at radius 1 is 1.09 bits per heavy atom. The van der Waals surface area contributed by atoms with Crippen LogP contribution in [0.1, 0.15) is 29.8 Å². The Morgan fingerprint density at radius 3 is 2.66 bits per heavy atom. The number of halogens is 1. The lowest BCUT2D eigenvalue weighted by Crippen LogP contribution is -2.34. The van der Waals surface area contributed by atoms with Gasteiger partial charge in [-0.2, -0.15) is 5.10 Å². The van der Waals surface area contributed by atoms with Gasteiger partial charge in [0.05, 0.1) is 30.4 Å². The van der Waals surface area contributed by atoms with E-state index < -0.39 is 17.8 Å². The van der Waals surface area contributed by atoms with E-state index in [1.54, 1.807) is 37.3 Å². The SMILES string of the molecule is CCOC(=O)COc1c(Br)cc(/C=N/NC(=O)CNC(=O)c2ccc3c(c2)OCO3)cc1OCC. The lowest BCUT2D eigenvalue weighted by Gasteiger charge is -2.14. The van der Waals surface area contributed by atoms with Crippen LogP contribution in [-0.2, 0) is 14.3 Å². The molecule has 0 saturated heterocycles. The summed E-state index contributed by atoms with van der Waals surface area (Å²) >= 11 is 3.39. The minimum Gasteiger partial charge on any atom is -0.490 e. The van der Waals surface area contributed by atoms with Crippen molar-refractivity contribution in [2.75, 3.05) is 33.2 Å². The molecule has 35 heavy (non-hydrogen) atoms. The van der Waals surface area contributed by atoms with Gasteiger partial charge in [0.15, 0.2) is 29.6 Å². The van der Waals surface area contributed by atoms with Gasteiger partial charge in [0.1, 0.15) is 0 Å². The summed E-state index contributed by atoms with van der Waals surface area (Å²) in [5, 5.41) is 6.42. The van der Waals surface area contributed by atoms with Gasteiger partial charge in [0.2, 0.25) is 6.79 Å². The largest absolute Gasteiger partial charge is 0.490 e. The van der Waals surface area contributed by atoms with Crippen LogP contribution in [0.2, 0.25) is 0 Å². The van der Waals surface area contributed by atoms with Gasteiger partial charge >= 0.3 is 5.97 Å². The Labute approximate surface area is 209 Å². The minimum absolute atomic E-state index is 0.104. The molecule has 11 nitrogen and oxygen atoms in total. The van der Waals surface area contributed by atoms with Crippen LogP contribution in [0.4, 0.5) is 0 Å². The molecule has 2 aromatic carbocycles. The molecule has 0 bridgehead atoms. The first-order valence-corrected chi connectivity index (χ1v) is 11.4. The quantitative estimate of drug-likeness (QED) is 0.248. The molecular formula is C23H24BrN3O8. The number of hydrogen-bond acceptors (Lipinski definition) is 9. The average molecular weight is 550 g/mol. The Hall–Kier alpha value is -3.80. The zero-order valence-electron chi connectivity index (χ0n) is 19.1. The van der Waals surface area contributed by atoms with E-state index in [0.717, 1.165) is 0 Å². The molecule has 1 heterocycles. The molecule has 0 aromatic heterocycles. The fourth-order valence-electron chi connectivity index (χ4n) is 2.92. The van der Waals surface area contributed by atoms with E-state index in [1.807, 2.05) is 6.92 Å². The number of nitrogens with zero attached hydrogens (tertiary/aromatic N) is 1. The van der Waals surface area contributed by atoms with Crippen molar-refractivity contribution in [3.05, 3.63) is 45.9 Å². The number of carbonyl (C=O) groups excluding carboxylic acids is 3. The normalized spacial score (nSPS) is 11.7. The number of ether oxygens (including phenoxy) is 5. The molecule has 0 atom stereocenters. The molecule has 2 amide bonds. The van der Waals surface area contributed by atoms with Crippen LogP contribution in [0.3, 0.4) is 0 Å². The number of hydrogen-bond donors (Lipinski definition) is 2. The lowest BCUT2D eigenvalue weighted by molar-refractivity contribution is -0.145. The van der Waals surface area contributed by atoms with Crippen molar-refractivity contribution in [3.8, 4) is 23.0 Å². The molecule has 0 spiro atoms. The topological polar surface area (TPSA) is 134 Å². The summed E-state index contributed by atoms with van der Waals surface area (Å²) < 4.78 is 27.0. The van der Waals surface area contributed by atoms with Gasteiger partial charge in [-0.3, -0.25) is 9.59 Å². The van der Waals surface area contributed by atoms with Crippen molar-refractivity contribution in [1.82, 2.24) is 10.7 Å². The molecule has 0 saturated carbocycles. The lowest BCUT2D eigenvalue weighted by atomic mass is 10.2. The number of benzene rings is 2.